The van der Waals surface area contributed by atoms with E-state index < -0.39 is 35.7 Å². The van der Waals surface area contributed by atoms with Gasteiger partial charge in [0.05, 0.1) is 6.61 Å². The van der Waals surface area contributed by atoms with E-state index in [1.165, 1.54) is 0 Å². The van der Waals surface area contributed by atoms with Gasteiger partial charge >= 0.3 is 7.12 Å². The molecule has 2 aromatic rings. The second kappa shape index (κ2) is 5.42. The van der Waals surface area contributed by atoms with Crippen LogP contribution in [0.3, 0.4) is 0 Å². The highest BCUT2D eigenvalue weighted by atomic mass is 19.2. The Bertz CT molecular complexity index is 682. The maximum Gasteiger partial charge on any atom is 0.495 e. The van der Waals surface area contributed by atoms with Crippen molar-refractivity contribution in [2.75, 3.05) is 5.32 Å². The highest BCUT2D eigenvalue weighted by molar-refractivity contribution is 6.61. The van der Waals surface area contributed by atoms with Gasteiger partial charge in [-0.05, 0) is 5.56 Å². The molecule has 0 spiro atoms. The topological polar surface area (TPSA) is 41.5 Å². The monoisotopic (exact) mass is 293 g/mol. The predicted octanol–water partition coefficient (Wildman–Crippen LogP) is 1.93. The summed E-state index contributed by atoms with van der Waals surface area (Å²) in [6.45, 7) is -0.143. The normalized spacial score (nSPS) is 13.4. The lowest BCUT2D eigenvalue weighted by molar-refractivity contribution is 0.272. The SMILES string of the molecule is OB1OCc2c(F)c(NCc3ccccc3)c(F)c(F)c21. The summed E-state index contributed by atoms with van der Waals surface area (Å²) in [5, 5.41) is 11.9. The maximum absolute atomic E-state index is 14.2. The molecule has 0 radical (unpaired) electrons. The summed E-state index contributed by atoms with van der Waals surface area (Å²) in [5.41, 5.74) is -0.367. The van der Waals surface area contributed by atoms with Gasteiger partial charge in [0.1, 0.15) is 5.69 Å². The van der Waals surface area contributed by atoms with E-state index in [2.05, 4.69) is 5.32 Å². The average molecular weight is 293 g/mol. The van der Waals surface area contributed by atoms with Crippen LogP contribution >= 0.6 is 0 Å². The largest absolute Gasteiger partial charge is 0.495 e. The molecular formula is C14H11BF3NO2. The molecule has 3 nitrogen and oxygen atoms in total. The lowest BCUT2D eigenvalue weighted by Gasteiger charge is -2.13. The van der Waals surface area contributed by atoms with Crippen molar-refractivity contribution >= 4 is 18.3 Å². The molecule has 1 aliphatic rings. The highest BCUT2D eigenvalue weighted by Crippen LogP contribution is 2.27. The molecule has 0 bridgehead atoms. The first-order chi connectivity index (χ1) is 10.1. The average Bonchev–Trinajstić information content (AvgIpc) is 2.88. The van der Waals surface area contributed by atoms with E-state index in [1.54, 1.807) is 24.3 Å². The molecule has 21 heavy (non-hydrogen) atoms. The van der Waals surface area contributed by atoms with Crippen molar-refractivity contribution in [3.05, 3.63) is 58.9 Å². The van der Waals surface area contributed by atoms with E-state index in [-0.39, 0.29) is 18.7 Å². The van der Waals surface area contributed by atoms with Crippen molar-refractivity contribution in [2.24, 2.45) is 0 Å². The molecular weight excluding hydrogens is 282 g/mol. The second-order valence-corrected chi connectivity index (χ2v) is 4.71. The molecule has 0 aromatic heterocycles. The summed E-state index contributed by atoms with van der Waals surface area (Å²) in [6.07, 6.45) is 0. The fraction of sp³-hybridized carbons (Fsp3) is 0.143. The van der Waals surface area contributed by atoms with Crippen LogP contribution in [-0.2, 0) is 17.8 Å². The zero-order valence-corrected chi connectivity index (χ0v) is 10.9. The van der Waals surface area contributed by atoms with Gasteiger partial charge in [-0.3, -0.25) is 0 Å². The van der Waals surface area contributed by atoms with Crippen LogP contribution < -0.4 is 10.8 Å². The summed E-state index contributed by atoms with van der Waals surface area (Å²) in [4.78, 5) is 0. The van der Waals surface area contributed by atoms with Crippen molar-refractivity contribution < 1.29 is 22.8 Å². The summed E-state index contributed by atoms with van der Waals surface area (Å²) >= 11 is 0. The van der Waals surface area contributed by atoms with Gasteiger partial charge in [-0.15, -0.1) is 0 Å². The molecule has 7 heteroatoms. The van der Waals surface area contributed by atoms with E-state index >= 15 is 0 Å². The van der Waals surface area contributed by atoms with Crippen LogP contribution in [0.4, 0.5) is 18.9 Å². The standard InChI is InChI=1S/C14H11BF3NO2/c16-11-9-7-21-15(20)10(9)12(17)13(18)14(11)19-6-8-4-2-1-3-5-8/h1-5,19-20H,6-7H2. The maximum atomic E-state index is 14.2. The minimum Gasteiger partial charge on any atom is -0.423 e. The number of halogens is 3. The van der Waals surface area contributed by atoms with Gasteiger partial charge in [0.25, 0.3) is 0 Å². The number of hydrogen-bond acceptors (Lipinski definition) is 3. The van der Waals surface area contributed by atoms with Crippen molar-refractivity contribution in [2.45, 2.75) is 13.2 Å². The molecule has 0 atom stereocenters. The molecule has 0 unspecified atom stereocenters. The molecule has 1 heterocycles. The third kappa shape index (κ3) is 2.38. The lowest BCUT2D eigenvalue weighted by atomic mass is 9.78. The van der Waals surface area contributed by atoms with Crippen LogP contribution in [0.15, 0.2) is 30.3 Å². The zero-order chi connectivity index (χ0) is 15.0. The third-order valence-corrected chi connectivity index (χ3v) is 3.40. The predicted molar refractivity (Wildman–Crippen MR) is 72.5 cm³/mol. The Balaban J connectivity index is 1.95. The minimum atomic E-state index is -1.63. The van der Waals surface area contributed by atoms with Gasteiger partial charge < -0.3 is 15.0 Å². The van der Waals surface area contributed by atoms with Crippen LogP contribution in [0.5, 0.6) is 0 Å². The van der Waals surface area contributed by atoms with E-state index in [1.807, 2.05) is 6.07 Å². The number of hydrogen-bond donors (Lipinski definition) is 2. The number of nitrogens with one attached hydrogen (secondary N) is 1. The Hall–Kier alpha value is -1.99. The summed E-state index contributed by atoms with van der Waals surface area (Å²) in [5.74, 6) is -3.57. The van der Waals surface area contributed by atoms with Crippen LogP contribution in [0.25, 0.3) is 0 Å². The molecule has 2 aromatic carbocycles. The van der Waals surface area contributed by atoms with Gasteiger partial charge in [0, 0.05) is 17.6 Å². The van der Waals surface area contributed by atoms with Gasteiger partial charge in [0.2, 0.25) is 0 Å². The Labute approximate surface area is 119 Å². The summed E-state index contributed by atoms with van der Waals surface area (Å²) < 4.78 is 46.8. The molecule has 108 valence electrons. The molecule has 0 fully saturated rings. The smallest absolute Gasteiger partial charge is 0.423 e. The van der Waals surface area contributed by atoms with Crippen molar-refractivity contribution in [1.82, 2.24) is 0 Å². The van der Waals surface area contributed by atoms with Crippen molar-refractivity contribution in [3.63, 3.8) is 0 Å². The Kier molecular flexibility index (Phi) is 3.61. The Morgan fingerprint density at radius 2 is 1.81 bits per heavy atom. The number of rotatable bonds is 3. The van der Waals surface area contributed by atoms with E-state index in [4.69, 9.17) is 4.65 Å². The quantitative estimate of drug-likeness (QED) is 0.671. The van der Waals surface area contributed by atoms with Crippen molar-refractivity contribution in [3.8, 4) is 0 Å². The molecule has 1 aliphatic heterocycles. The van der Waals surface area contributed by atoms with Gasteiger partial charge in [-0.2, -0.15) is 0 Å². The first-order valence-corrected chi connectivity index (χ1v) is 6.36. The first-order valence-electron chi connectivity index (χ1n) is 6.36. The number of fused-ring (bicyclic) bond motifs is 1. The van der Waals surface area contributed by atoms with E-state index in [9.17, 15) is 18.2 Å². The molecule has 0 saturated heterocycles. The van der Waals surface area contributed by atoms with Gasteiger partial charge in [0.15, 0.2) is 17.5 Å². The van der Waals surface area contributed by atoms with E-state index in [0.29, 0.717) is 0 Å². The summed E-state index contributed by atoms with van der Waals surface area (Å²) in [6, 6.07) is 8.95. The van der Waals surface area contributed by atoms with Crippen LogP contribution in [0.1, 0.15) is 11.1 Å². The fourth-order valence-electron chi connectivity index (χ4n) is 2.31. The number of anilines is 1. The van der Waals surface area contributed by atoms with Gasteiger partial charge in [-0.25, -0.2) is 13.2 Å². The highest BCUT2D eigenvalue weighted by Gasteiger charge is 2.37. The van der Waals surface area contributed by atoms with Crippen molar-refractivity contribution in [1.29, 1.82) is 0 Å². The van der Waals surface area contributed by atoms with Gasteiger partial charge in [-0.1, -0.05) is 30.3 Å². The Morgan fingerprint density at radius 3 is 2.52 bits per heavy atom. The van der Waals surface area contributed by atoms with Crippen LogP contribution in [0, 0.1) is 17.5 Å². The third-order valence-electron chi connectivity index (χ3n) is 3.40. The van der Waals surface area contributed by atoms with Crippen LogP contribution in [-0.4, -0.2) is 12.1 Å². The zero-order valence-electron chi connectivity index (χ0n) is 10.9. The minimum absolute atomic E-state index is 0.149. The lowest BCUT2D eigenvalue weighted by Crippen LogP contribution is -2.33. The molecule has 0 aliphatic carbocycles. The van der Waals surface area contributed by atoms with E-state index in [0.717, 1.165) is 5.56 Å². The molecule has 0 saturated carbocycles. The molecule has 2 N–H and O–H groups in total. The fourth-order valence-corrected chi connectivity index (χ4v) is 2.31. The molecule has 0 amide bonds. The molecule has 3 rings (SSSR count). The first kappa shape index (κ1) is 14.0. The Morgan fingerprint density at radius 1 is 1.10 bits per heavy atom. The number of benzene rings is 2. The summed E-state index contributed by atoms with van der Waals surface area (Å²) in [7, 11) is -1.63. The van der Waals surface area contributed by atoms with Crippen LogP contribution in [0.2, 0.25) is 0 Å². The second-order valence-electron chi connectivity index (χ2n) is 4.71.